The fraction of sp³-hybridized carbons (Fsp3) is 0.261. The summed E-state index contributed by atoms with van der Waals surface area (Å²) in [5, 5.41) is 0. The Morgan fingerprint density at radius 1 is 0.963 bits per heavy atom. The lowest BCUT2D eigenvalue weighted by Gasteiger charge is -2.37. The summed E-state index contributed by atoms with van der Waals surface area (Å²) in [6, 6.07) is 17.8. The molecule has 0 fully saturated rings. The Balaban J connectivity index is 0.00000210. The summed E-state index contributed by atoms with van der Waals surface area (Å²) in [5.41, 5.74) is 4.31. The lowest BCUT2D eigenvalue weighted by atomic mass is 9.75. The van der Waals surface area contributed by atoms with E-state index >= 15 is 0 Å². The molecule has 0 amide bonds. The topological polar surface area (TPSA) is 29.5 Å². The molecule has 0 aliphatic heterocycles. The number of allylic oxidation sites excluding steroid dienone is 2. The van der Waals surface area contributed by atoms with Gasteiger partial charge in [-0.1, -0.05) is 54.6 Å². The first-order valence-corrected chi connectivity index (χ1v) is 9.10. The van der Waals surface area contributed by atoms with Crippen LogP contribution in [0.1, 0.15) is 40.2 Å². The molecule has 0 radical (unpaired) electrons. The number of halogens is 1. The van der Waals surface area contributed by atoms with E-state index in [0.717, 1.165) is 24.2 Å². The predicted octanol–water partition coefficient (Wildman–Crippen LogP) is 5.05. The number of nitrogens with zero attached hydrogens (tertiary/aromatic N) is 1. The zero-order chi connectivity index (χ0) is 18.1. The summed E-state index contributed by atoms with van der Waals surface area (Å²) in [4.78, 5) is 14.8. The Morgan fingerprint density at radius 3 is 2.41 bits per heavy atom. The van der Waals surface area contributed by atoms with E-state index in [4.69, 9.17) is 4.74 Å². The molecule has 0 spiro atoms. The summed E-state index contributed by atoms with van der Waals surface area (Å²) in [7, 11) is 4.09. The molecule has 0 saturated carbocycles. The maximum atomic E-state index is 12.7. The second-order valence-corrected chi connectivity index (χ2v) is 7.15. The van der Waals surface area contributed by atoms with E-state index in [1.807, 2.05) is 32.3 Å². The molecule has 2 aliphatic carbocycles. The third-order valence-corrected chi connectivity index (χ3v) is 5.34. The van der Waals surface area contributed by atoms with Crippen LogP contribution in [0.2, 0.25) is 0 Å². The van der Waals surface area contributed by atoms with Crippen LogP contribution in [0.4, 0.5) is 0 Å². The maximum Gasteiger partial charge on any atom is 0.343 e. The quantitative estimate of drug-likeness (QED) is 0.696. The van der Waals surface area contributed by atoms with Crippen molar-refractivity contribution in [3.05, 3.63) is 88.7 Å². The van der Waals surface area contributed by atoms with Gasteiger partial charge in [0.2, 0.25) is 0 Å². The van der Waals surface area contributed by atoms with E-state index in [1.165, 1.54) is 11.1 Å². The Kier molecular flexibility index (Phi) is 5.83. The third kappa shape index (κ3) is 3.71. The van der Waals surface area contributed by atoms with Gasteiger partial charge in [-0.3, -0.25) is 4.90 Å². The Labute approximate surface area is 166 Å². The molecule has 27 heavy (non-hydrogen) atoms. The molecule has 4 heteroatoms. The van der Waals surface area contributed by atoms with Crippen LogP contribution in [-0.2, 0) is 4.74 Å². The Bertz CT molecular complexity index is 886. The van der Waals surface area contributed by atoms with Crippen molar-refractivity contribution >= 4 is 24.5 Å². The van der Waals surface area contributed by atoms with E-state index in [1.54, 1.807) is 12.1 Å². The van der Waals surface area contributed by atoms with E-state index in [9.17, 15) is 4.79 Å². The van der Waals surface area contributed by atoms with Crippen LogP contribution >= 0.6 is 12.4 Å². The summed E-state index contributed by atoms with van der Waals surface area (Å²) in [6.45, 7) is 0. The first-order chi connectivity index (χ1) is 12.6. The van der Waals surface area contributed by atoms with Crippen molar-refractivity contribution in [3.8, 4) is 0 Å². The van der Waals surface area contributed by atoms with Crippen LogP contribution in [0.3, 0.4) is 0 Å². The number of hydrogen-bond acceptors (Lipinski definition) is 3. The van der Waals surface area contributed by atoms with Gasteiger partial charge in [-0.05, 0) is 55.8 Å². The molecule has 0 aromatic heterocycles. The van der Waals surface area contributed by atoms with Crippen molar-refractivity contribution in [2.45, 2.75) is 24.8 Å². The number of rotatable bonds is 3. The van der Waals surface area contributed by atoms with Crippen molar-refractivity contribution in [1.82, 2.24) is 4.90 Å². The van der Waals surface area contributed by atoms with Gasteiger partial charge < -0.3 is 4.74 Å². The molecule has 0 saturated heterocycles. The fourth-order valence-electron chi connectivity index (χ4n) is 4.01. The first-order valence-electron chi connectivity index (χ1n) is 9.10. The van der Waals surface area contributed by atoms with Crippen LogP contribution in [0, 0.1) is 0 Å². The summed E-state index contributed by atoms with van der Waals surface area (Å²) in [5.74, 6) is 0.810. The van der Waals surface area contributed by atoms with Crippen molar-refractivity contribution in [2.24, 2.45) is 0 Å². The zero-order valence-electron chi connectivity index (χ0n) is 15.6. The van der Waals surface area contributed by atoms with Crippen LogP contribution in [0.15, 0.2) is 72.0 Å². The highest BCUT2D eigenvalue weighted by Crippen LogP contribution is 2.44. The molecular formula is C23H24ClNO2. The van der Waals surface area contributed by atoms with Crippen LogP contribution in [0.5, 0.6) is 0 Å². The van der Waals surface area contributed by atoms with Gasteiger partial charge >= 0.3 is 5.97 Å². The van der Waals surface area contributed by atoms with Crippen molar-refractivity contribution < 1.29 is 9.53 Å². The molecule has 2 atom stereocenters. The molecule has 2 aliphatic rings. The molecule has 0 heterocycles. The lowest BCUT2D eigenvalue weighted by Crippen LogP contribution is -2.36. The molecular weight excluding hydrogens is 358 g/mol. The smallest absolute Gasteiger partial charge is 0.343 e. The van der Waals surface area contributed by atoms with Gasteiger partial charge in [0.15, 0.2) is 0 Å². The minimum Gasteiger partial charge on any atom is -0.425 e. The largest absolute Gasteiger partial charge is 0.425 e. The second kappa shape index (κ2) is 8.12. The van der Waals surface area contributed by atoms with Crippen LogP contribution < -0.4 is 0 Å². The average molecular weight is 382 g/mol. The SMILES string of the molecule is CN(C)C1CCC2C(=C1OC(=O)c1ccccc1)C=Cc1ccccc12.Cl. The van der Waals surface area contributed by atoms with Gasteiger partial charge in [0.05, 0.1) is 11.6 Å². The summed E-state index contributed by atoms with van der Waals surface area (Å²) < 4.78 is 5.98. The van der Waals surface area contributed by atoms with Gasteiger partial charge in [0, 0.05) is 5.92 Å². The van der Waals surface area contributed by atoms with Crippen molar-refractivity contribution in [1.29, 1.82) is 0 Å². The van der Waals surface area contributed by atoms with Gasteiger partial charge in [-0.15, -0.1) is 12.4 Å². The number of carbonyl (C=O) groups is 1. The number of likely N-dealkylation sites (N-methyl/N-ethyl adjacent to an activating group) is 1. The second-order valence-electron chi connectivity index (χ2n) is 7.15. The number of benzene rings is 2. The highest BCUT2D eigenvalue weighted by Gasteiger charge is 2.35. The number of carbonyl (C=O) groups excluding carboxylic acids is 1. The van der Waals surface area contributed by atoms with E-state index in [2.05, 4.69) is 41.3 Å². The fourth-order valence-corrected chi connectivity index (χ4v) is 4.01. The van der Waals surface area contributed by atoms with E-state index in [-0.39, 0.29) is 24.4 Å². The molecule has 0 N–H and O–H groups in total. The van der Waals surface area contributed by atoms with E-state index < -0.39 is 0 Å². The minimum absolute atomic E-state index is 0. The molecule has 2 aromatic carbocycles. The third-order valence-electron chi connectivity index (χ3n) is 5.34. The van der Waals surface area contributed by atoms with Crippen molar-refractivity contribution in [3.63, 3.8) is 0 Å². The monoisotopic (exact) mass is 381 g/mol. The van der Waals surface area contributed by atoms with Gasteiger partial charge in [-0.25, -0.2) is 4.79 Å². The average Bonchev–Trinajstić information content (AvgIpc) is 2.68. The standard InChI is InChI=1S/C23H23NO2.ClH/c1-24(2)21-15-14-19-18-11-7-6-8-16(18)12-13-20(19)22(21)26-23(25)17-9-4-3-5-10-17;/h3-13,19,21H,14-15H2,1-2H3;1H. The number of fused-ring (bicyclic) bond motifs is 3. The number of ether oxygens (including phenoxy) is 1. The molecule has 4 rings (SSSR count). The highest BCUT2D eigenvalue weighted by molar-refractivity contribution is 5.90. The highest BCUT2D eigenvalue weighted by atomic mass is 35.5. The van der Waals surface area contributed by atoms with Crippen molar-refractivity contribution in [2.75, 3.05) is 14.1 Å². The minimum atomic E-state index is -0.284. The van der Waals surface area contributed by atoms with Crippen LogP contribution in [0.25, 0.3) is 6.08 Å². The summed E-state index contributed by atoms with van der Waals surface area (Å²) >= 11 is 0. The Hall–Kier alpha value is -2.36. The van der Waals surface area contributed by atoms with Crippen LogP contribution in [-0.4, -0.2) is 31.0 Å². The van der Waals surface area contributed by atoms with Gasteiger partial charge in [0.25, 0.3) is 0 Å². The van der Waals surface area contributed by atoms with E-state index in [0.29, 0.717) is 11.5 Å². The number of esters is 1. The molecule has 2 unspecified atom stereocenters. The Morgan fingerprint density at radius 2 is 1.67 bits per heavy atom. The molecule has 140 valence electrons. The number of hydrogen-bond donors (Lipinski definition) is 0. The first kappa shape index (κ1) is 19.4. The molecule has 3 nitrogen and oxygen atoms in total. The predicted molar refractivity (Wildman–Crippen MR) is 111 cm³/mol. The molecule has 2 aromatic rings. The normalized spacial score (nSPS) is 20.6. The molecule has 0 bridgehead atoms. The van der Waals surface area contributed by atoms with Gasteiger partial charge in [0.1, 0.15) is 5.76 Å². The zero-order valence-corrected chi connectivity index (χ0v) is 16.4. The van der Waals surface area contributed by atoms with Gasteiger partial charge in [-0.2, -0.15) is 0 Å². The lowest BCUT2D eigenvalue weighted by molar-refractivity contribution is 0.0546. The maximum absolute atomic E-state index is 12.7. The summed E-state index contributed by atoms with van der Waals surface area (Å²) in [6.07, 6.45) is 6.30.